The lowest BCUT2D eigenvalue weighted by Crippen LogP contribution is -2.48. The Bertz CT molecular complexity index is 780. The normalized spacial score (nSPS) is 14.6. The van der Waals surface area contributed by atoms with E-state index < -0.39 is 23.3 Å². The van der Waals surface area contributed by atoms with Gasteiger partial charge in [0.1, 0.15) is 0 Å². The van der Waals surface area contributed by atoms with Gasteiger partial charge in [0, 0.05) is 37.9 Å². The molecule has 1 saturated heterocycles. The van der Waals surface area contributed by atoms with Gasteiger partial charge in [-0.25, -0.2) is 4.98 Å². The van der Waals surface area contributed by atoms with Gasteiger partial charge in [-0.15, -0.1) is 0 Å². The summed E-state index contributed by atoms with van der Waals surface area (Å²) >= 11 is 0. The predicted octanol–water partition coefficient (Wildman–Crippen LogP) is 4.93. The zero-order valence-electron chi connectivity index (χ0n) is 18.1. The summed E-state index contributed by atoms with van der Waals surface area (Å²) in [5, 5.41) is 0. The van der Waals surface area contributed by atoms with Crippen LogP contribution in [-0.2, 0) is 6.18 Å². The van der Waals surface area contributed by atoms with Gasteiger partial charge in [-0.05, 0) is 31.6 Å². The number of halogens is 3. The molecule has 1 aliphatic rings. The van der Waals surface area contributed by atoms with Crippen LogP contribution in [-0.4, -0.2) is 53.5 Å². The number of amides is 1. The maximum atomic E-state index is 13.4. The fraction of sp³-hybridized carbons (Fsp3) is 0.455. The average molecular weight is 425 g/mol. The van der Waals surface area contributed by atoms with Crippen molar-refractivity contribution in [2.24, 2.45) is 0 Å². The highest BCUT2D eigenvalue weighted by Crippen LogP contribution is 2.32. The van der Waals surface area contributed by atoms with E-state index in [-0.39, 0.29) is 12.5 Å². The van der Waals surface area contributed by atoms with E-state index in [1.54, 1.807) is 13.0 Å². The van der Waals surface area contributed by atoms with E-state index in [9.17, 15) is 18.0 Å². The van der Waals surface area contributed by atoms with Crippen LogP contribution in [0, 0.1) is 0 Å². The molecule has 0 aliphatic carbocycles. The fourth-order valence-corrected chi connectivity index (χ4v) is 3.01. The van der Waals surface area contributed by atoms with Crippen molar-refractivity contribution in [3.8, 4) is 5.88 Å². The van der Waals surface area contributed by atoms with E-state index in [1.165, 1.54) is 11.0 Å². The zero-order valence-corrected chi connectivity index (χ0v) is 18.1. The van der Waals surface area contributed by atoms with E-state index in [4.69, 9.17) is 4.74 Å². The number of hydrogen-bond donors (Lipinski definition) is 0. The van der Waals surface area contributed by atoms with Crippen LogP contribution < -0.4 is 4.74 Å². The van der Waals surface area contributed by atoms with Crippen molar-refractivity contribution in [1.82, 2.24) is 14.8 Å². The largest absolute Gasteiger partial charge is 0.478 e. The highest BCUT2D eigenvalue weighted by Gasteiger charge is 2.39. The van der Waals surface area contributed by atoms with Crippen LogP contribution >= 0.6 is 0 Å². The standard InChI is InChI=1S/C20H24F3N3O2.C2H6/c1-5-7-16(14(3)4)25-10-12-26(13-11-25)19(27)15-8-9-17(28-6-2)24-18(15)20(21,22)23;1-2/h5,7-9H,1,3,6,10-13H2,2,4H3;1-2H3/b16-7+;. The summed E-state index contributed by atoms with van der Waals surface area (Å²) in [6.45, 7) is 16.9. The lowest BCUT2D eigenvalue weighted by Gasteiger charge is -2.37. The van der Waals surface area contributed by atoms with Crippen molar-refractivity contribution in [1.29, 1.82) is 0 Å². The van der Waals surface area contributed by atoms with Crippen LogP contribution in [0.2, 0.25) is 0 Å². The Hall–Kier alpha value is -2.77. The van der Waals surface area contributed by atoms with Crippen molar-refractivity contribution in [2.75, 3.05) is 32.8 Å². The third kappa shape index (κ3) is 6.37. The molecule has 166 valence electrons. The molecule has 0 saturated carbocycles. The Balaban J connectivity index is 0.00000218. The van der Waals surface area contributed by atoms with Gasteiger partial charge in [0.25, 0.3) is 5.91 Å². The molecule has 8 heteroatoms. The Morgan fingerprint density at radius 1 is 1.20 bits per heavy atom. The number of ether oxygens (including phenoxy) is 1. The number of carbonyl (C=O) groups excluding carboxylic acids is 1. The Morgan fingerprint density at radius 3 is 2.23 bits per heavy atom. The summed E-state index contributed by atoms with van der Waals surface area (Å²) in [6, 6.07) is 2.42. The van der Waals surface area contributed by atoms with E-state index in [0.29, 0.717) is 26.2 Å². The molecule has 1 amide bonds. The van der Waals surface area contributed by atoms with Gasteiger partial charge in [-0.3, -0.25) is 4.79 Å². The molecule has 0 aromatic carbocycles. The van der Waals surface area contributed by atoms with Gasteiger partial charge in [0.05, 0.1) is 12.2 Å². The minimum Gasteiger partial charge on any atom is -0.478 e. The lowest BCUT2D eigenvalue weighted by molar-refractivity contribution is -0.141. The first-order valence-corrected chi connectivity index (χ1v) is 9.92. The Kier molecular flexibility index (Phi) is 9.62. The predicted molar refractivity (Wildman–Crippen MR) is 112 cm³/mol. The highest BCUT2D eigenvalue weighted by molar-refractivity contribution is 5.95. The molecule has 0 bridgehead atoms. The molecule has 2 rings (SSSR count). The van der Waals surface area contributed by atoms with Crippen molar-refractivity contribution < 1.29 is 22.7 Å². The third-order valence-corrected chi connectivity index (χ3v) is 4.28. The summed E-state index contributed by atoms with van der Waals surface area (Å²) in [7, 11) is 0. The molecule has 5 nitrogen and oxygen atoms in total. The SMILES string of the molecule is C=C/C=C(\C(=C)C)N1CCN(C(=O)c2ccc(OCC)nc2C(F)(F)F)CC1.CC. The summed E-state index contributed by atoms with van der Waals surface area (Å²) in [4.78, 5) is 19.7. The second-order valence-corrected chi connectivity index (χ2v) is 6.32. The van der Waals surface area contributed by atoms with Crippen molar-refractivity contribution in [3.63, 3.8) is 0 Å². The molecule has 0 N–H and O–H groups in total. The van der Waals surface area contributed by atoms with Crippen LogP contribution in [0.1, 0.15) is 43.7 Å². The summed E-state index contributed by atoms with van der Waals surface area (Å²) in [6.07, 6.45) is -1.26. The third-order valence-electron chi connectivity index (χ3n) is 4.28. The molecular formula is C22H30F3N3O2. The van der Waals surface area contributed by atoms with Crippen molar-refractivity contribution >= 4 is 5.91 Å². The highest BCUT2D eigenvalue weighted by atomic mass is 19.4. The van der Waals surface area contributed by atoms with Gasteiger partial charge >= 0.3 is 6.18 Å². The smallest absolute Gasteiger partial charge is 0.434 e. The summed E-state index contributed by atoms with van der Waals surface area (Å²) in [5.41, 5.74) is 0.0711. The number of rotatable bonds is 6. The van der Waals surface area contributed by atoms with Gasteiger partial charge in [0.2, 0.25) is 5.88 Å². The van der Waals surface area contributed by atoms with E-state index in [2.05, 4.69) is 18.1 Å². The quantitative estimate of drug-likeness (QED) is 0.607. The minimum atomic E-state index is -4.75. The Labute approximate surface area is 176 Å². The fourth-order valence-electron chi connectivity index (χ4n) is 3.01. The monoisotopic (exact) mass is 425 g/mol. The van der Waals surface area contributed by atoms with E-state index in [0.717, 1.165) is 17.3 Å². The molecule has 1 fully saturated rings. The number of pyridine rings is 1. The van der Waals surface area contributed by atoms with E-state index >= 15 is 0 Å². The number of alkyl halides is 3. The molecular weight excluding hydrogens is 395 g/mol. The topological polar surface area (TPSA) is 45.7 Å². The van der Waals surface area contributed by atoms with Gasteiger partial charge in [0.15, 0.2) is 5.69 Å². The van der Waals surface area contributed by atoms with Crippen LogP contribution in [0.15, 0.2) is 48.7 Å². The van der Waals surface area contributed by atoms with Gasteiger partial charge in [-0.1, -0.05) is 33.1 Å². The van der Waals surface area contributed by atoms with Crippen LogP contribution in [0.5, 0.6) is 5.88 Å². The molecule has 2 heterocycles. The molecule has 1 aromatic heterocycles. The van der Waals surface area contributed by atoms with Crippen LogP contribution in [0.25, 0.3) is 0 Å². The zero-order chi connectivity index (χ0) is 22.9. The second-order valence-electron chi connectivity index (χ2n) is 6.32. The maximum Gasteiger partial charge on any atom is 0.434 e. The van der Waals surface area contributed by atoms with Crippen LogP contribution in [0.3, 0.4) is 0 Å². The number of nitrogens with zero attached hydrogens (tertiary/aromatic N) is 3. The first-order valence-electron chi connectivity index (χ1n) is 9.92. The molecule has 0 spiro atoms. The summed E-state index contributed by atoms with van der Waals surface area (Å²) in [5.74, 6) is -0.844. The molecule has 1 aromatic rings. The maximum absolute atomic E-state index is 13.4. The number of aromatic nitrogens is 1. The number of hydrogen-bond acceptors (Lipinski definition) is 4. The van der Waals surface area contributed by atoms with E-state index in [1.807, 2.05) is 31.7 Å². The molecule has 0 atom stereocenters. The number of allylic oxidation sites excluding steroid dienone is 3. The van der Waals surface area contributed by atoms with Gasteiger partial charge < -0.3 is 14.5 Å². The molecule has 30 heavy (non-hydrogen) atoms. The molecule has 0 radical (unpaired) electrons. The van der Waals surface area contributed by atoms with Crippen LogP contribution in [0.4, 0.5) is 13.2 Å². The first-order chi connectivity index (χ1) is 14.2. The minimum absolute atomic E-state index is 0.156. The lowest BCUT2D eigenvalue weighted by atomic mass is 10.1. The van der Waals surface area contributed by atoms with Crippen molar-refractivity contribution in [2.45, 2.75) is 33.9 Å². The number of carbonyl (C=O) groups is 1. The van der Waals surface area contributed by atoms with Crippen molar-refractivity contribution in [3.05, 3.63) is 60.0 Å². The number of piperazine rings is 1. The molecule has 0 unspecified atom stereocenters. The second kappa shape index (κ2) is 11.4. The average Bonchev–Trinajstić information content (AvgIpc) is 2.72. The first kappa shape index (κ1) is 25.3. The Morgan fingerprint density at radius 2 is 1.77 bits per heavy atom. The molecule has 1 aliphatic heterocycles. The summed E-state index contributed by atoms with van der Waals surface area (Å²) < 4.78 is 45.3. The van der Waals surface area contributed by atoms with Gasteiger partial charge in [-0.2, -0.15) is 13.2 Å².